The SMILES string of the molecule is CCCn1cncc1C(O)C1(C#N)Cc2ccccc2C1. The lowest BCUT2D eigenvalue weighted by atomic mass is 9.79. The molecule has 108 valence electrons. The van der Waals surface area contributed by atoms with Crippen LogP contribution < -0.4 is 0 Å². The Morgan fingerprint density at radius 1 is 1.38 bits per heavy atom. The van der Waals surface area contributed by atoms with Gasteiger partial charge in [0.25, 0.3) is 0 Å². The predicted octanol–water partition coefficient (Wildman–Crippen LogP) is 2.64. The number of benzene rings is 1. The average molecular weight is 281 g/mol. The van der Waals surface area contributed by atoms with Gasteiger partial charge in [-0.3, -0.25) is 0 Å². The Kier molecular flexibility index (Phi) is 3.52. The first-order chi connectivity index (χ1) is 10.2. The van der Waals surface area contributed by atoms with Gasteiger partial charge in [-0.2, -0.15) is 5.26 Å². The van der Waals surface area contributed by atoms with Crippen molar-refractivity contribution in [3.8, 4) is 6.07 Å². The number of aromatic nitrogens is 2. The Morgan fingerprint density at radius 3 is 2.62 bits per heavy atom. The number of aryl methyl sites for hydroxylation is 1. The molecule has 0 fully saturated rings. The number of fused-ring (bicyclic) bond motifs is 1. The van der Waals surface area contributed by atoms with E-state index in [1.54, 1.807) is 12.5 Å². The maximum absolute atomic E-state index is 10.9. The molecule has 1 heterocycles. The first-order valence-electron chi connectivity index (χ1n) is 7.36. The van der Waals surface area contributed by atoms with Crippen LogP contribution in [0, 0.1) is 16.7 Å². The van der Waals surface area contributed by atoms with Crippen molar-refractivity contribution >= 4 is 0 Å². The lowest BCUT2D eigenvalue weighted by molar-refractivity contribution is 0.0621. The molecule has 1 aliphatic carbocycles. The summed E-state index contributed by atoms with van der Waals surface area (Å²) in [6, 6.07) is 10.5. The van der Waals surface area contributed by atoms with Gasteiger partial charge in [0, 0.05) is 6.54 Å². The van der Waals surface area contributed by atoms with Crippen LogP contribution in [-0.2, 0) is 19.4 Å². The standard InChI is InChI=1S/C17H19N3O/c1-2-7-20-12-19-10-15(20)16(21)17(11-18)8-13-5-3-4-6-14(13)9-17/h3-6,10,12,16,21H,2,7-9H2,1H3. The van der Waals surface area contributed by atoms with Crippen molar-refractivity contribution in [1.29, 1.82) is 5.26 Å². The minimum atomic E-state index is -0.816. The van der Waals surface area contributed by atoms with Crippen LogP contribution in [0.15, 0.2) is 36.8 Å². The molecule has 1 aromatic carbocycles. The number of hydrogen-bond acceptors (Lipinski definition) is 3. The first kappa shape index (κ1) is 13.8. The van der Waals surface area contributed by atoms with Gasteiger partial charge in [-0.25, -0.2) is 4.98 Å². The lowest BCUT2D eigenvalue weighted by Crippen LogP contribution is -2.29. The molecule has 21 heavy (non-hydrogen) atoms. The van der Waals surface area contributed by atoms with Crippen molar-refractivity contribution in [2.75, 3.05) is 0 Å². The van der Waals surface area contributed by atoms with E-state index in [1.165, 1.54) is 11.1 Å². The summed E-state index contributed by atoms with van der Waals surface area (Å²) in [5.41, 5.74) is 2.29. The minimum Gasteiger partial charge on any atom is -0.385 e. The molecule has 0 bridgehead atoms. The van der Waals surface area contributed by atoms with Crippen molar-refractivity contribution < 1.29 is 5.11 Å². The highest BCUT2D eigenvalue weighted by Crippen LogP contribution is 2.45. The van der Waals surface area contributed by atoms with E-state index in [2.05, 4.69) is 18.0 Å². The highest BCUT2D eigenvalue weighted by molar-refractivity contribution is 5.38. The normalized spacial score (nSPS) is 17.2. The van der Waals surface area contributed by atoms with Crippen molar-refractivity contribution in [1.82, 2.24) is 9.55 Å². The lowest BCUT2D eigenvalue weighted by Gasteiger charge is -2.27. The highest BCUT2D eigenvalue weighted by atomic mass is 16.3. The molecule has 1 N–H and O–H groups in total. The highest BCUT2D eigenvalue weighted by Gasteiger charge is 2.45. The van der Waals surface area contributed by atoms with E-state index in [-0.39, 0.29) is 0 Å². The number of rotatable bonds is 4. The summed E-state index contributed by atoms with van der Waals surface area (Å²) >= 11 is 0. The van der Waals surface area contributed by atoms with Gasteiger partial charge < -0.3 is 9.67 Å². The predicted molar refractivity (Wildman–Crippen MR) is 79.4 cm³/mol. The summed E-state index contributed by atoms with van der Waals surface area (Å²) in [6.07, 6.45) is 4.76. The molecule has 1 unspecified atom stereocenters. The second kappa shape index (κ2) is 5.34. The van der Waals surface area contributed by atoms with E-state index in [1.807, 2.05) is 28.8 Å². The van der Waals surface area contributed by atoms with Crippen molar-refractivity contribution in [2.24, 2.45) is 5.41 Å². The van der Waals surface area contributed by atoms with Crippen molar-refractivity contribution in [3.63, 3.8) is 0 Å². The molecule has 4 nitrogen and oxygen atoms in total. The molecular formula is C17H19N3O. The van der Waals surface area contributed by atoms with Gasteiger partial charge >= 0.3 is 0 Å². The Morgan fingerprint density at radius 2 is 2.05 bits per heavy atom. The third kappa shape index (κ3) is 2.24. The molecule has 0 spiro atoms. The van der Waals surface area contributed by atoms with Crippen LogP contribution in [0.2, 0.25) is 0 Å². The van der Waals surface area contributed by atoms with Crippen molar-refractivity contribution in [3.05, 3.63) is 53.6 Å². The summed E-state index contributed by atoms with van der Waals surface area (Å²) in [6.45, 7) is 2.89. The summed E-state index contributed by atoms with van der Waals surface area (Å²) in [5, 5.41) is 20.6. The largest absolute Gasteiger partial charge is 0.385 e. The third-order valence-corrected chi connectivity index (χ3v) is 4.37. The maximum atomic E-state index is 10.9. The number of imidazole rings is 1. The van der Waals surface area contributed by atoms with Crippen LogP contribution >= 0.6 is 0 Å². The Hall–Kier alpha value is -2.12. The molecule has 0 amide bonds. The minimum absolute atomic E-state index is 0.595. The summed E-state index contributed by atoms with van der Waals surface area (Å²) in [7, 11) is 0. The molecule has 1 aliphatic rings. The fourth-order valence-corrected chi connectivity index (χ4v) is 3.25. The Bertz CT molecular complexity index is 658. The number of nitriles is 1. The van der Waals surface area contributed by atoms with Crippen LogP contribution in [-0.4, -0.2) is 14.7 Å². The summed E-state index contributed by atoms with van der Waals surface area (Å²) < 4.78 is 1.95. The van der Waals surface area contributed by atoms with Gasteiger partial charge in [0.2, 0.25) is 0 Å². The van der Waals surface area contributed by atoms with Crippen LogP contribution in [0.4, 0.5) is 0 Å². The monoisotopic (exact) mass is 281 g/mol. The molecule has 0 saturated heterocycles. The molecule has 1 aromatic heterocycles. The zero-order valence-corrected chi connectivity index (χ0v) is 12.2. The number of aliphatic hydroxyl groups excluding tert-OH is 1. The van der Waals surface area contributed by atoms with Gasteiger partial charge in [-0.15, -0.1) is 0 Å². The van der Waals surface area contributed by atoms with Crippen LogP contribution in [0.3, 0.4) is 0 Å². The van der Waals surface area contributed by atoms with Gasteiger partial charge in [-0.05, 0) is 30.4 Å². The summed E-state index contributed by atoms with van der Waals surface area (Å²) in [5.74, 6) is 0. The van der Waals surface area contributed by atoms with Gasteiger partial charge in [0.15, 0.2) is 0 Å². The van der Waals surface area contributed by atoms with E-state index < -0.39 is 11.5 Å². The number of hydrogen-bond donors (Lipinski definition) is 1. The smallest absolute Gasteiger partial charge is 0.115 e. The Labute approximate surface area is 124 Å². The molecule has 3 rings (SSSR count). The van der Waals surface area contributed by atoms with Crippen molar-refractivity contribution in [2.45, 2.75) is 38.8 Å². The topological polar surface area (TPSA) is 61.8 Å². The van der Waals surface area contributed by atoms with E-state index in [4.69, 9.17) is 0 Å². The van der Waals surface area contributed by atoms with E-state index in [9.17, 15) is 10.4 Å². The third-order valence-electron chi connectivity index (χ3n) is 4.37. The molecule has 0 saturated carbocycles. The summed E-state index contributed by atoms with van der Waals surface area (Å²) in [4.78, 5) is 4.14. The quantitative estimate of drug-likeness (QED) is 0.937. The van der Waals surface area contributed by atoms with Gasteiger partial charge in [-0.1, -0.05) is 31.2 Å². The molecule has 0 aliphatic heterocycles. The van der Waals surface area contributed by atoms with Crippen LogP contribution in [0.1, 0.15) is 36.3 Å². The molecule has 2 aromatic rings. The van der Waals surface area contributed by atoms with Crippen LogP contribution in [0.5, 0.6) is 0 Å². The second-order valence-electron chi connectivity index (χ2n) is 5.80. The molecule has 0 radical (unpaired) electrons. The fourth-order valence-electron chi connectivity index (χ4n) is 3.25. The maximum Gasteiger partial charge on any atom is 0.115 e. The van der Waals surface area contributed by atoms with E-state index in [0.29, 0.717) is 12.8 Å². The number of nitrogens with zero attached hydrogens (tertiary/aromatic N) is 3. The van der Waals surface area contributed by atoms with Gasteiger partial charge in [0.1, 0.15) is 6.10 Å². The fraction of sp³-hybridized carbons (Fsp3) is 0.412. The van der Waals surface area contributed by atoms with E-state index >= 15 is 0 Å². The molecular weight excluding hydrogens is 262 g/mol. The molecule has 4 heteroatoms. The van der Waals surface area contributed by atoms with Crippen LogP contribution in [0.25, 0.3) is 0 Å². The van der Waals surface area contributed by atoms with E-state index in [0.717, 1.165) is 18.7 Å². The molecule has 1 atom stereocenters. The zero-order valence-electron chi connectivity index (χ0n) is 12.2. The average Bonchev–Trinajstić information content (AvgIpc) is 3.11. The first-order valence-corrected chi connectivity index (χ1v) is 7.36. The number of aliphatic hydroxyl groups is 1. The zero-order chi connectivity index (χ0) is 14.9. The second-order valence-corrected chi connectivity index (χ2v) is 5.80. The Balaban J connectivity index is 1.95. The van der Waals surface area contributed by atoms with Gasteiger partial charge in [0.05, 0.1) is 29.7 Å².